The molecule has 0 fully saturated rings. The summed E-state index contributed by atoms with van der Waals surface area (Å²) in [5.41, 5.74) is 2.00. The lowest BCUT2D eigenvalue weighted by Gasteiger charge is -2.24. The van der Waals surface area contributed by atoms with Crippen molar-refractivity contribution in [3.8, 4) is 10.6 Å². The molecule has 0 aliphatic carbocycles. The van der Waals surface area contributed by atoms with Crippen molar-refractivity contribution in [1.29, 1.82) is 0 Å². The van der Waals surface area contributed by atoms with Crippen molar-refractivity contribution in [3.63, 3.8) is 0 Å². The van der Waals surface area contributed by atoms with Crippen molar-refractivity contribution < 1.29 is 5.11 Å². The molecule has 0 spiro atoms. The van der Waals surface area contributed by atoms with Gasteiger partial charge in [0, 0.05) is 30.1 Å². The van der Waals surface area contributed by atoms with Gasteiger partial charge in [-0.3, -0.25) is 4.90 Å². The molecule has 3 nitrogen and oxygen atoms in total. The van der Waals surface area contributed by atoms with Crippen LogP contribution in [0.2, 0.25) is 5.02 Å². The lowest BCUT2D eigenvalue weighted by atomic mass is 10.2. The predicted octanol–water partition coefficient (Wildman–Crippen LogP) is 3.67. The Labute approximate surface area is 128 Å². The lowest BCUT2D eigenvalue weighted by molar-refractivity contribution is 0.158. The van der Waals surface area contributed by atoms with Gasteiger partial charge in [0.25, 0.3) is 0 Å². The Bertz CT molecular complexity index is 556. The Kier molecular flexibility index (Phi) is 5.54. The van der Waals surface area contributed by atoms with Crippen molar-refractivity contribution in [3.05, 3.63) is 40.4 Å². The molecule has 0 saturated carbocycles. The molecule has 2 rings (SSSR count). The van der Waals surface area contributed by atoms with E-state index < -0.39 is 0 Å². The summed E-state index contributed by atoms with van der Waals surface area (Å²) in [7, 11) is 0. The van der Waals surface area contributed by atoms with E-state index in [0.29, 0.717) is 12.6 Å². The molecule has 5 heteroatoms. The number of hydrogen-bond acceptors (Lipinski definition) is 4. The number of thiazole rings is 1. The molecular weight excluding hydrogens is 292 g/mol. The molecule has 20 heavy (non-hydrogen) atoms. The summed E-state index contributed by atoms with van der Waals surface area (Å²) in [5, 5.41) is 12.8. The van der Waals surface area contributed by atoms with Crippen molar-refractivity contribution >= 4 is 22.9 Å². The Morgan fingerprint density at radius 3 is 2.75 bits per heavy atom. The third-order valence-electron chi connectivity index (χ3n) is 3.14. The van der Waals surface area contributed by atoms with Crippen LogP contribution in [0.4, 0.5) is 0 Å². The van der Waals surface area contributed by atoms with E-state index in [9.17, 15) is 0 Å². The number of rotatable bonds is 6. The maximum Gasteiger partial charge on any atom is 0.125 e. The minimum atomic E-state index is 0.166. The summed E-state index contributed by atoms with van der Waals surface area (Å²) in [6.07, 6.45) is 0. The topological polar surface area (TPSA) is 36.4 Å². The molecular formula is C15H19ClN2OS. The van der Waals surface area contributed by atoms with Gasteiger partial charge in [0.1, 0.15) is 5.01 Å². The molecule has 0 bridgehead atoms. The Balaban J connectivity index is 2.15. The third kappa shape index (κ3) is 3.79. The molecule has 108 valence electrons. The van der Waals surface area contributed by atoms with Gasteiger partial charge in [-0.1, -0.05) is 29.8 Å². The van der Waals surface area contributed by atoms with Crippen molar-refractivity contribution in [2.75, 3.05) is 13.2 Å². The minimum absolute atomic E-state index is 0.166. The van der Waals surface area contributed by atoms with Gasteiger partial charge in [-0.2, -0.15) is 0 Å². The first-order valence-corrected chi connectivity index (χ1v) is 7.91. The quantitative estimate of drug-likeness (QED) is 0.884. The van der Waals surface area contributed by atoms with Crippen LogP contribution in [-0.4, -0.2) is 34.2 Å². The SMILES string of the molecule is CC(C)N(CCO)Cc1csc(-c2ccccc2Cl)n1. The highest BCUT2D eigenvalue weighted by molar-refractivity contribution is 7.13. The summed E-state index contributed by atoms with van der Waals surface area (Å²) in [6, 6.07) is 8.13. The molecule has 2 aromatic rings. The minimum Gasteiger partial charge on any atom is -0.395 e. The first-order valence-electron chi connectivity index (χ1n) is 6.66. The Morgan fingerprint density at radius 1 is 1.35 bits per heavy atom. The highest BCUT2D eigenvalue weighted by atomic mass is 35.5. The van der Waals surface area contributed by atoms with E-state index in [1.165, 1.54) is 0 Å². The van der Waals surface area contributed by atoms with E-state index in [4.69, 9.17) is 16.7 Å². The normalized spacial score (nSPS) is 11.5. The van der Waals surface area contributed by atoms with Gasteiger partial charge in [-0.05, 0) is 19.9 Å². The number of aliphatic hydroxyl groups excluding tert-OH is 1. The second-order valence-corrected chi connectivity index (χ2v) is 6.18. The highest BCUT2D eigenvalue weighted by Crippen LogP contribution is 2.30. The summed E-state index contributed by atoms with van der Waals surface area (Å²) in [5.74, 6) is 0. The number of benzene rings is 1. The van der Waals surface area contributed by atoms with Crippen LogP contribution in [0, 0.1) is 0 Å². The molecule has 0 unspecified atom stereocenters. The molecule has 0 aliphatic heterocycles. The molecule has 0 aliphatic rings. The van der Waals surface area contributed by atoms with Crippen molar-refractivity contribution in [2.45, 2.75) is 26.4 Å². The second-order valence-electron chi connectivity index (χ2n) is 4.91. The van der Waals surface area contributed by atoms with Gasteiger partial charge in [-0.15, -0.1) is 11.3 Å². The highest BCUT2D eigenvalue weighted by Gasteiger charge is 2.13. The molecule has 1 N–H and O–H groups in total. The zero-order valence-corrected chi connectivity index (χ0v) is 13.3. The zero-order valence-electron chi connectivity index (χ0n) is 11.7. The molecule has 0 amide bonds. The molecule has 1 aromatic carbocycles. The first kappa shape index (κ1) is 15.4. The van der Waals surface area contributed by atoms with Crippen LogP contribution in [0.15, 0.2) is 29.6 Å². The third-order valence-corrected chi connectivity index (χ3v) is 4.39. The molecule has 0 radical (unpaired) electrons. The molecule has 1 aromatic heterocycles. The Hall–Kier alpha value is -0.940. The fourth-order valence-corrected chi connectivity index (χ4v) is 3.13. The number of aliphatic hydroxyl groups is 1. The maximum absolute atomic E-state index is 9.11. The first-order chi connectivity index (χ1) is 9.61. The van der Waals surface area contributed by atoms with E-state index in [0.717, 1.165) is 27.8 Å². The van der Waals surface area contributed by atoms with Gasteiger partial charge in [0.2, 0.25) is 0 Å². The second kappa shape index (κ2) is 7.18. The largest absolute Gasteiger partial charge is 0.395 e. The average Bonchev–Trinajstić information content (AvgIpc) is 2.87. The Morgan fingerprint density at radius 2 is 2.10 bits per heavy atom. The van der Waals surface area contributed by atoms with Crippen molar-refractivity contribution in [2.24, 2.45) is 0 Å². The van der Waals surface area contributed by atoms with Crippen LogP contribution >= 0.6 is 22.9 Å². The number of halogens is 1. The summed E-state index contributed by atoms with van der Waals surface area (Å²) < 4.78 is 0. The molecule has 0 saturated heterocycles. The number of hydrogen-bond donors (Lipinski definition) is 1. The standard InChI is InChI=1S/C15H19ClN2OS/c1-11(2)18(7-8-19)9-12-10-20-15(17-12)13-5-3-4-6-14(13)16/h3-6,10-11,19H,7-9H2,1-2H3. The van der Waals surface area contributed by atoms with E-state index >= 15 is 0 Å². The van der Waals surface area contributed by atoms with E-state index in [2.05, 4.69) is 29.1 Å². The average molecular weight is 311 g/mol. The molecule has 0 atom stereocenters. The van der Waals surface area contributed by atoms with Crippen LogP contribution in [0.3, 0.4) is 0 Å². The lowest BCUT2D eigenvalue weighted by Crippen LogP contribution is -2.33. The van der Waals surface area contributed by atoms with Crippen molar-refractivity contribution in [1.82, 2.24) is 9.88 Å². The van der Waals surface area contributed by atoms with Gasteiger partial charge in [0.15, 0.2) is 0 Å². The van der Waals surface area contributed by atoms with Crippen LogP contribution in [0.1, 0.15) is 19.5 Å². The fraction of sp³-hybridized carbons (Fsp3) is 0.400. The van der Waals surface area contributed by atoms with Gasteiger partial charge < -0.3 is 5.11 Å². The van der Waals surface area contributed by atoms with Crippen LogP contribution < -0.4 is 0 Å². The van der Waals surface area contributed by atoms with Crippen LogP contribution in [0.25, 0.3) is 10.6 Å². The van der Waals surface area contributed by atoms with Gasteiger partial charge in [0.05, 0.1) is 17.3 Å². The fourth-order valence-electron chi connectivity index (χ4n) is 1.99. The van der Waals surface area contributed by atoms with E-state index in [-0.39, 0.29) is 6.61 Å². The molecule has 1 heterocycles. The van der Waals surface area contributed by atoms with Gasteiger partial charge in [-0.25, -0.2) is 4.98 Å². The predicted molar refractivity (Wildman–Crippen MR) is 85.2 cm³/mol. The van der Waals surface area contributed by atoms with Crippen LogP contribution in [0.5, 0.6) is 0 Å². The van der Waals surface area contributed by atoms with Crippen LogP contribution in [-0.2, 0) is 6.54 Å². The maximum atomic E-state index is 9.11. The van der Waals surface area contributed by atoms with Gasteiger partial charge >= 0.3 is 0 Å². The van der Waals surface area contributed by atoms with E-state index in [1.807, 2.05) is 24.3 Å². The monoisotopic (exact) mass is 310 g/mol. The smallest absolute Gasteiger partial charge is 0.125 e. The summed E-state index contributed by atoms with van der Waals surface area (Å²) in [6.45, 7) is 5.82. The number of aromatic nitrogens is 1. The summed E-state index contributed by atoms with van der Waals surface area (Å²) in [4.78, 5) is 6.86. The number of nitrogens with zero attached hydrogens (tertiary/aromatic N) is 2. The van der Waals surface area contributed by atoms with E-state index in [1.54, 1.807) is 11.3 Å². The zero-order chi connectivity index (χ0) is 14.5. The summed E-state index contributed by atoms with van der Waals surface area (Å²) >= 11 is 7.80.